The molecule has 2 atom stereocenters. The molecule has 1 aliphatic heterocycles. The van der Waals surface area contributed by atoms with Crippen LogP contribution in [0.5, 0.6) is 5.75 Å². The summed E-state index contributed by atoms with van der Waals surface area (Å²) in [5.74, 6) is -0.650. The van der Waals surface area contributed by atoms with Gasteiger partial charge in [-0.3, -0.25) is 4.79 Å². The maximum absolute atomic E-state index is 13.2. The highest BCUT2D eigenvalue weighted by Crippen LogP contribution is 2.51. The van der Waals surface area contributed by atoms with Crippen molar-refractivity contribution in [2.24, 2.45) is 5.92 Å². The summed E-state index contributed by atoms with van der Waals surface area (Å²) >= 11 is 0. The zero-order chi connectivity index (χ0) is 19.7. The summed E-state index contributed by atoms with van der Waals surface area (Å²) in [5.41, 5.74) is -1.54. The smallest absolute Gasteiger partial charge is 0.355 e. The molecule has 3 rings (SSSR count). The standard InChI is InChI=1S/C22H30O5/c1-5-18(23)22(27-26-21(2,3)4)19(15-11-7-6-8-12-15)16-13-9-10-14-17(16)25-20(22)24/h9-10,13-15,19H,5-8,11-12H2,1-4H3. The maximum atomic E-state index is 13.2. The average molecular weight is 374 g/mol. The van der Waals surface area contributed by atoms with E-state index in [4.69, 9.17) is 14.5 Å². The van der Waals surface area contributed by atoms with Gasteiger partial charge in [0.15, 0.2) is 5.78 Å². The second-order valence-corrected chi connectivity index (χ2v) is 8.59. The van der Waals surface area contributed by atoms with Crippen molar-refractivity contribution in [3.05, 3.63) is 29.8 Å². The summed E-state index contributed by atoms with van der Waals surface area (Å²) in [7, 11) is 0. The van der Waals surface area contributed by atoms with Crippen molar-refractivity contribution in [3.8, 4) is 5.75 Å². The second kappa shape index (κ2) is 7.72. The first-order valence-corrected chi connectivity index (χ1v) is 10.0. The van der Waals surface area contributed by atoms with E-state index < -0.39 is 23.1 Å². The van der Waals surface area contributed by atoms with Crippen molar-refractivity contribution >= 4 is 11.8 Å². The lowest BCUT2D eigenvalue weighted by atomic mass is 9.66. The Morgan fingerprint density at radius 3 is 2.48 bits per heavy atom. The molecule has 0 radical (unpaired) electrons. The number of carbonyl (C=O) groups is 2. The van der Waals surface area contributed by atoms with Crippen LogP contribution in [0, 0.1) is 5.92 Å². The number of hydrogen-bond acceptors (Lipinski definition) is 5. The molecule has 1 heterocycles. The van der Waals surface area contributed by atoms with Crippen molar-refractivity contribution < 1.29 is 24.1 Å². The summed E-state index contributed by atoms with van der Waals surface area (Å²) in [6, 6.07) is 7.48. The van der Waals surface area contributed by atoms with Gasteiger partial charge in [0.05, 0.1) is 5.60 Å². The van der Waals surface area contributed by atoms with E-state index in [1.807, 2.05) is 39.0 Å². The summed E-state index contributed by atoms with van der Waals surface area (Å²) in [4.78, 5) is 37.8. The largest absolute Gasteiger partial charge is 0.424 e. The van der Waals surface area contributed by atoms with Crippen LogP contribution in [0.4, 0.5) is 0 Å². The molecular formula is C22H30O5. The third-order valence-corrected chi connectivity index (χ3v) is 5.48. The normalized spacial score (nSPS) is 26.4. The highest BCUT2D eigenvalue weighted by molar-refractivity contribution is 6.10. The Bertz CT molecular complexity index is 699. The molecule has 0 spiro atoms. The Morgan fingerprint density at radius 2 is 1.85 bits per heavy atom. The first kappa shape index (κ1) is 20.0. The number of carbonyl (C=O) groups excluding carboxylic acids is 2. The summed E-state index contributed by atoms with van der Waals surface area (Å²) in [5, 5.41) is 0. The number of Topliss-reactive ketones (excluding diaryl/α,β-unsaturated/α-hetero) is 1. The summed E-state index contributed by atoms with van der Waals surface area (Å²) in [6.07, 6.45) is 5.47. The van der Waals surface area contributed by atoms with Crippen LogP contribution in [-0.2, 0) is 19.4 Å². The number of ether oxygens (including phenoxy) is 1. The van der Waals surface area contributed by atoms with Crippen molar-refractivity contribution in [1.29, 1.82) is 0 Å². The van der Waals surface area contributed by atoms with E-state index in [9.17, 15) is 9.59 Å². The number of hydrogen-bond donors (Lipinski definition) is 0. The predicted octanol–water partition coefficient (Wildman–Crippen LogP) is 4.73. The van der Waals surface area contributed by atoms with Crippen LogP contribution in [0.2, 0.25) is 0 Å². The second-order valence-electron chi connectivity index (χ2n) is 8.59. The van der Waals surface area contributed by atoms with Gasteiger partial charge in [-0.15, -0.1) is 0 Å². The zero-order valence-corrected chi connectivity index (χ0v) is 16.7. The van der Waals surface area contributed by atoms with Gasteiger partial charge in [-0.05, 0) is 45.6 Å². The Hall–Kier alpha value is -1.72. The van der Waals surface area contributed by atoms with Gasteiger partial charge in [0.1, 0.15) is 5.75 Å². The van der Waals surface area contributed by atoms with Gasteiger partial charge >= 0.3 is 5.97 Å². The lowest BCUT2D eigenvalue weighted by Gasteiger charge is -2.45. The molecule has 1 aliphatic carbocycles. The highest BCUT2D eigenvalue weighted by Gasteiger charge is 2.61. The molecule has 0 bridgehead atoms. The van der Waals surface area contributed by atoms with E-state index in [2.05, 4.69) is 0 Å². The van der Waals surface area contributed by atoms with Crippen LogP contribution < -0.4 is 4.74 Å². The number of fused-ring (bicyclic) bond motifs is 1. The van der Waals surface area contributed by atoms with Crippen LogP contribution in [0.1, 0.15) is 77.7 Å². The number of rotatable bonds is 5. The molecule has 2 unspecified atom stereocenters. The fourth-order valence-electron chi connectivity index (χ4n) is 4.28. The molecule has 0 aromatic heterocycles. The molecular weight excluding hydrogens is 344 g/mol. The first-order valence-electron chi connectivity index (χ1n) is 10.0. The molecule has 148 valence electrons. The number of esters is 1. The van der Waals surface area contributed by atoms with Crippen molar-refractivity contribution in [3.63, 3.8) is 0 Å². The maximum Gasteiger partial charge on any atom is 0.355 e. The van der Waals surface area contributed by atoms with E-state index in [1.54, 1.807) is 13.0 Å². The highest BCUT2D eigenvalue weighted by atomic mass is 17.2. The third kappa shape index (κ3) is 3.81. The van der Waals surface area contributed by atoms with Gasteiger partial charge in [0.25, 0.3) is 5.60 Å². The molecule has 0 N–H and O–H groups in total. The van der Waals surface area contributed by atoms with Crippen LogP contribution >= 0.6 is 0 Å². The number of ketones is 1. The lowest BCUT2D eigenvalue weighted by Crippen LogP contribution is -2.60. The fraction of sp³-hybridized carbons (Fsp3) is 0.636. The van der Waals surface area contributed by atoms with E-state index >= 15 is 0 Å². The molecule has 1 aromatic rings. The fourth-order valence-corrected chi connectivity index (χ4v) is 4.28. The molecule has 1 saturated carbocycles. The minimum Gasteiger partial charge on any atom is -0.424 e. The summed E-state index contributed by atoms with van der Waals surface area (Å²) < 4.78 is 5.59. The monoisotopic (exact) mass is 374 g/mol. The third-order valence-electron chi connectivity index (χ3n) is 5.48. The van der Waals surface area contributed by atoms with Crippen molar-refractivity contribution in [2.75, 3.05) is 0 Å². The Kier molecular flexibility index (Phi) is 5.73. The molecule has 0 saturated heterocycles. The van der Waals surface area contributed by atoms with Crippen LogP contribution in [0.15, 0.2) is 24.3 Å². The average Bonchev–Trinajstić information content (AvgIpc) is 2.65. The van der Waals surface area contributed by atoms with Gasteiger partial charge in [0, 0.05) is 17.9 Å². The van der Waals surface area contributed by atoms with Crippen molar-refractivity contribution in [2.45, 2.75) is 83.3 Å². The number of para-hydroxylation sites is 1. The molecule has 1 fully saturated rings. The van der Waals surface area contributed by atoms with Gasteiger partial charge in [0.2, 0.25) is 0 Å². The molecule has 0 amide bonds. The molecule has 5 heteroatoms. The van der Waals surface area contributed by atoms with Gasteiger partial charge < -0.3 is 4.74 Å². The van der Waals surface area contributed by atoms with Gasteiger partial charge in [-0.1, -0.05) is 44.4 Å². The topological polar surface area (TPSA) is 61.8 Å². The molecule has 5 nitrogen and oxygen atoms in total. The minimum absolute atomic E-state index is 0.173. The summed E-state index contributed by atoms with van der Waals surface area (Å²) in [6.45, 7) is 7.23. The molecule has 27 heavy (non-hydrogen) atoms. The van der Waals surface area contributed by atoms with Gasteiger partial charge in [-0.25, -0.2) is 14.6 Å². The Balaban J connectivity index is 2.14. The van der Waals surface area contributed by atoms with E-state index in [-0.39, 0.29) is 18.1 Å². The van der Waals surface area contributed by atoms with Crippen LogP contribution in [0.3, 0.4) is 0 Å². The van der Waals surface area contributed by atoms with E-state index in [0.29, 0.717) is 5.75 Å². The molecule has 2 aliphatic rings. The number of benzene rings is 1. The zero-order valence-electron chi connectivity index (χ0n) is 16.7. The van der Waals surface area contributed by atoms with Crippen LogP contribution in [0.25, 0.3) is 0 Å². The molecule has 1 aromatic carbocycles. The Morgan fingerprint density at radius 1 is 1.19 bits per heavy atom. The van der Waals surface area contributed by atoms with Gasteiger partial charge in [-0.2, -0.15) is 0 Å². The van der Waals surface area contributed by atoms with Crippen molar-refractivity contribution in [1.82, 2.24) is 0 Å². The SMILES string of the molecule is CCC(=O)C1(OOC(C)(C)C)C(=O)Oc2ccccc2C1C1CCCCC1. The predicted molar refractivity (Wildman–Crippen MR) is 101 cm³/mol. The van der Waals surface area contributed by atoms with Crippen LogP contribution in [-0.4, -0.2) is 23.0 Å². The van der Waals surface area contributed by atoms with E-state index in [1.165, 1.54) is 6.42 Å². The lowest BCUT2D eigenvalue weighted by molar-refractivity contribution is -0.392. The first-order chi connectivity index (χ1) is 12.8. The van der Waals surface area contributed by atoms with E-state index in [0.717, 1.165) is 31.2 Å². The Labute approximate surface area is 161 Å². The minimum atomic E-state index is -1.75. The quantitative estimate of drug-likeness (QED) is 0.245.